The molecule has 0 amide bonds. The van der Waals surface area contributed by atoms with Crippen molar-refractivity contribution in [2.75, 3.05) is 0 Å². The fourth-order valence-corrected chi connectivity index (χ4v) is 1.37. The van der Waals surface area contributed by atoms with Gasteiger partial charge in [0.1, 0.15) is 5.82 Å². The summed E-state index contributed by atoms with van der Waals surface area (Å²) >= 11 is 0. The number of hydrogen-bond donors (Lipinski definition) is 1. The Morgan fingerprint density at radius 1 is 1.47 bits per heavy atom. The summed E-state index contributed by atoms with van der Waals surface area (Å²) in [7, 11) is 0. The third kappa shape index (κ3) is 1.73. The Morgan fingerprint density at radius 3 is 2.93 bits per heavy atom. The fraction of sp³-hybridized carbons (Fsp3) is 0.200. The zero-order chi connectivity index (χ0) is 10.8. The Labute approximate surface area is 86.5 Å². The van der Waals surface area contributed by atoms with Gasteiger partial charge in [-0.15, -0.1) is 5.10 Å². The molecule has 0 atom stereocenters. The topological polar surface area (TPSA) is 56.7 Å². The van der Waals surface area contributed by atoms with E-state index in [0.717, 1.165) is 11.4 Å². The molecular weight excluding hydrogens is 195 g/mol. The highest BCUT2D eigenvalue weighted by Gasteiger charge is 2.06. The van der Waals surface area contributed by atoms with E-state index in [9.17, 15) is 4.39 Å². The molecule has 0 saturated heterocycles. The minimum absolute atomic E-state index is 0.229. The van der Waals surface area contributed by atoms with Gasteiger partial charge in [0.25, 0.3) is 0 Å². The molecule has 2 aromatic rings. The average molecular weight is 206 g/mol. The summed E-state index contributed by atoms with van der Waals surface area (Å²) < 4.78 is 14.7. The van der Waals surface area contributed by atoms with Crippen molar-refractivity contribution in [1.82, 2.24) is 15.0 Å². The zero-order valence-corrected chi connectivity index (χ0v) is 8.31. The number of halogens is 1. The first kappa shape index (κ1) is 9.79. The Bertz CT molecular complexity index is 478. The summed E-state index contributed by atoms with van der Waals surface area (Å²) in [4.78, 5) is 0. The molecule has 0 bridgehead atoms. The molecule has 0 unspecified atom stereocenters. The van der Waals surface area contributed by atoms with E-state index < -0.39 is 0 Å². The van der Waals surface area contributed by atoms with E-state index in [4.69, 9.17) is 5.73 Å². The number of aromatic nitrogens is 3. The third-order valence-corrected chi connectivity index (χ3v) is 2.22. The van der Waals surface area contributed by atoms with Crippen molar-refractivity contribution in [3.8, 4) is 5.69 Å². The summed E-state index contributed by atoms with van der Waals surface area (Å²) in [5.41, 5.74) is 7.66. The Hall–Kier alpha value is -1.75. The predicted molar refractivity (Wildman–Crippen MR) is 53.9 cm³/mol. The molecule has 0 aliphatic carbocycles. The highest BCUT2D eigenvalue weighted by molar-refractivity contribution is 5.36. The van der Waals surface area contributed by atoms with Gasteiger partial charge in [-0.2, -0.15) is 0 Å². The molecule has 5 heteroatoms. The van der Waals surface area contributed by atoms with Crippen LogP contribution in [0.4, 0.5) is 4.39 Å². The first-order valence-corrected chi connectivity index (χ1v) is 4.58. The van der Waals surface area contributed by atoms with Crippen LogP contribution in [0.15, 0.2) is 24.4 Å². The van der Waals surface area contributed by atoms with Gasteiger partial charge in [0.15, 0.2) is 0 Å². The predicted octanol–water partition coefficient (Wildman–Crippen LogP) is 1.17. The summed E-state index contributed by atoms with van der Waals surface area (Å²) in [6.07, 6.45) is 1.60. The first-order chi connectivity index (χ1) is 7.22. The molecule has 1 aromatic carbocycles. The van der Waals surface area contributed by atoms with Gasteiger partial charge in [-0.25, -0.2) is 9.07 Å². The molecule has 1 heterocycles. The van der Waals surface area contributed by atoms with E-state index in [1.54, 1.807) is 29.9 Å². The second kappa shape index (κ2) is 3.78. The van der Waals surface area contributed by atoms with Crippen LogP contribution in [-0.4, -0.2) is 15.0 Å². The van der Waals surface area contributed by atoms with Gasteiger partial charge in [0.2, 0.25) is 0 Å². The number of hydrogen-bond acceptors (Lipinski definition) is 3. The lowest BCUT2D eigenvalue weighted by Crippen LogP contribution is -2.07. The van der Waals surface area contributed by atoms with Crippen LogP contribution in [0.1, 0.15) is 11.3 Å². The second-order valence-corrected chi connectivity index (χ2v) is 3.27. The number of aryl methyl sites for hydroxylation is 1. The molecule has 15 heavy (non-hydrogen) atoms. The largest absolute Gasteiger partial charge is 0.325 e. The molecule has 1 aromatic heterocycles. The van der Waals surface area contributed by atoms with Crippen LogP contribution >= 0.6 is 0 Å². The monoisotopic (exact) mass is 206 g/mol. The van der Waals surface area contributed by atoms with Crippen LogP contribution in [0, 0.1) is 12.7 Å². The van der Waals surface area contributed by atoms with Crippen molar-refractivity contribution >= 4 is 0 Å². The highest BCUT2D eigenvalue weighted by Crippen LogP contribution is 2.13. The summed E-state index contributed by atoms with van der Waals surface area (Å²) in [6, 6.07) is 4.77. The fourth-order valence-electron chi connectivity index (χ4n) is 1.37. The van der Waals surface area contributed by atoms with Crippen LogP contribution in [0.2, 0.25) is 0 Å². The maximum atomic E-state index is 13.1. The third-order valence-electron chi connectivity index (χ3n) is 2.22. The Morgan fingerprint density at radius 2 is 2.27 bits per heavy atom. The number of rotatable bonds is 2. The SMILES string of the molecule is Cc1cc(-n2nncc2CN)ccc1F. The van der Waals surface area contributed by atoms with Crippen LogP contribution in [0.25, 0.3) is 5.69 Å². The summed E-state index contributed by atoms with van der Waals surface area (Å²) in [5.74, 6) is -0.229. The van der Waals surface area contributed by atoms with Gasteiger partial charge < -0.3 is 5.73 Å². The molecule has 0 spiro atoms. The lowest BCUT2D eigenvalue weighted by molar-refractivity contribution is 0.617. The summed E-state index contributed by atoms with van der Waals surface area (Å²) in [6.45, 7) is 2.06. The maximum absolute atomic E-state index is 13.1. The van der Waals surface area contributed by atoms with Crippen molar-refractivity contribution in [3.05, 3.63) is 41.5 Å². The molecule has 0 radical (unpaired) electrons. The summed E-state index contributed by atoms with van der Waals surface area (Å²) in [5, 5.41) is 7.65. The van der Waals surface area contributed by atoms with Gasteiger partial charge in [0.05, 0.1) is 17.6 Å². The van der Waals surface area contributed by atoms with Gasteiger partial charge in [-0.3, -0.25) is 0 Å². The lowest BCUT2D eigenvalue weighted by atomic mass is 10.2. The van der Waals surface area contributed by atoms with Crippen molar-refractivity contribution in [1.29, 1.82) is 0 Å². The molecule has 0 aliphatic rings. The molecule has 0 aliphatic heterocycles. The Kier molecular flexibility index (Phi) is 2.47. The van der Waals surface area contributed by atoms with Crippen LogP contribution < -0.4 is 5.73 Å². The van der Waals surface area contributed by atoms with E-state index in [0.29, 0.717) is 12.1 Å². The number of nitrogens with zero attached hydrogens (tertiary/aromatic N) is 3. The number of nitrogens with two attached hydrogens (primary N) is 1. The van der Waals surface area contributed by atoms with E-state index in [1.807, 2.05) is 0 Å². The van der Waals surface area contributed by atoms with Gasteiger partial charge in [0, 0.05) is 6.54 Å². The van der Waals surface area contributed by atoms with E-state index in [2.05, 4.69) is 10.3 Å². The normalized spacial score (nSPS) is 10.6. The maximum Gasteiger partial charge on any atom is 0.126 e. The van der Waals surface area contributed by atoms with Crippen LogP contribution in [-0.2, 0) is 6.54 Å². The Balaban J connectivity index is 2.50. The van der Waals surface area contributed by atoms with Gasteiger partial charge in [-0.1, -0.05) is 5.21 Å². The van der Waals surface area contributed by atoms with Gasteiger partial charge in [-0.05, 0) is 30.7 Å². The van der Waals surface area contributed by atoms with E-state index in [-0.39, 0.29) is 5.82 Å². The highest BCUT2D eigenvalue weighted by atomic mass is 19.1. The quantitative estimate of drug-likeness (QED) is 0.802. The minimum Gasteiger partial charge on any atom is -0.325 e. The minimum atomic E-state index is -0.229. The standard InChI is InChI=1S/C10H11FN4/c1-7-4-8(2-3-10(7)11)15-9(5-12)6-13-14-15/h2-4,6H,5,12H2,1H3. The smallest absolute Gasteiger partial charge is 0.126 e. The van der Waals surface area contributed by atoms with E-state index >= 15 is 0 Å². The first-order valence-electron chi connectivity index (χ1n) is 4.58. The van der Waals surface area contributed by atoms with Crippen molar-refractivity contribution in [2.24, 2.45) is 5.73 Å². The molecule has 4 nitrogen and oxygen atoms in total. The zero-order valence-electron chi connectivity index (χ0n) is 8.31. The van der Waals surface area contributed by atoms with Crippen molar-refractivity contribution in [2.45, 2.75) is 13.5 Å². The lowest BCUT2D eigenvalue weighted by Gasteiger charge is -2.05. The van der Waals surface area contributed by atoms with Crippen LogP contribution in [0.5, 0.6) is 0 Å². The van der Waals surface area contributed by atoms with Crippen LogP contribution in [0.3, 0.4) is 0 Å². The van der Waals surface area contributed by atoms with Gasteiger partial charge >= 0.3 is 0 Å². The average Bonchev–Trinajstić information content (AvgIpc) is 2.70. The molecule has 78 valence electrons. The van der Waals surface area contributed by atoms with Crippen molar-refractivity contribution in [3.63, 3.8) is 0 Å². The molecule has 0 saturated carbocycles. The molecule has 0 fully saturated rings. The van der Waals surface area contributed by atoms with Crippen molar-refractivity contribution < 1.29 is 4.39 Å². The number of benzene rings is 1. The van der Waals surface area contributed by atoms with E-state index in [1.165, 1.54) is 6.07 Å². The second-order valence-electron chi connectivity index (χ2n) is 3.27. The molecule has 2 rings (SSSR count). The molecular formula is C10H11FN4. The molecule has 2 N–H and O–H groups in total.